The lowest BCUT2D eigenvalue weighted by Crippen LogP contribution is -2.54. The Labute approximate surface area is 208 Å². The maximum atomic E-state index is 13.4. The highest BCUT2D eigenvalue weighted by molar-refractivity contribution is 9.10. The van der Waals surface area contributed by atoms with Crippen LogP contribution in [0.2, 0.25) is 0 Å². The van der Waals surface area contributed by atoms with Gasteiger partial charge in [0.1, 0.15) is 22.6 Å². The number of methoxy groups -OCH3 is 1. The van der Waals surface area contributed by atoms with E-state index >= 15 is 0 Å². The molecule has 0 radical (unpaired) electrons. The monoisotopic (exact) mass is 563 g/mol. The molecule has 0 spiro atoms. The van der Waals surface area contributed by atoms with E-state index in [1.807, 2.05) is 0 Å². The number of ether oxygens (including phenoxy) is 2. The zero-order valence-electron chi connectivity index (χ0n) is 20.1. The van der Waals surface area contributed by atoms with E-state index in [9.17, 15) is 22.8 Å². The number of nitrogens with zero attached hydrogens (tertiary/aromatic N) is 1. The predicted octanol–water partition coefficient (Wildman–Crippen LogP) is 2.36. The van der Waals surface area contributed by atoms with Gasteiger partial charge in [-0.05, 0) is 51.0 Å². The summed E-state index contributed by atoms with van der Waals surface area (Å²) in [5.74, 6) is -1.57. The van der Waals surface area contributed by atoms with Crippen LogP contribution in [0.3, 0.4) is 0 Å². The summed E-state index contributed by atoms with van der Waals surface area (Å²) in [6, 6.07) is 3.97. The predicted molar refractivity (Wildman–Crippen MR) is 127 cm³/mol. The van der Waals surface area contributed by atoms with E-state index in [4.69, 9.17) is 9.47 Å². The highest BCUT2D eigenvalue weighted by atomic mass is 79.9. The first-order valence-corrected chi connectivity index (χ1v) is 13.0. The summed E-state index contributed by atoms with van der Waals surface area (Å²) in [6.45, 7) is 8.46. The van der Waals surface area contributed by atoms with Gasteiger partial charge >= 0.3 is 22.2 Å². The molecular formula is C22H32BrN2O8S+. The zero-order valence-corrected chi connectivity index (χ0v) is 22.5. The second-order valence-corrected chi connectivity index (χ2v) is 11.9. The molecule has 1 aromatic carbocycles. The van der Waals surface area contributed by atoms with E-state index in [1.54, 1.807) is 46.8 Å². The molecule has 1 aromatic rings. The van der Waals surface area contributed by atoms with Crippen molar-refractivity contribution in [1.29, 1.82) is 0 Å². The number of likely N-dealkylation sites (tertiary alicyclic amines) is 1. The fourth-order valence-corrected chi connectivity index (χ4v) is 4.89. The SMILES string of the molecule is COC(=O)[C@@H]1C[C@H]([OH+]S(=O)(=O)c2ccc(Br)cc2)CN1C(=O)[C@@H](NC(=O)OC(C)(C)C)C(C)C. The van der Waals surface area contributed by atoms with Crippen molar-refractivity contribution in [2.45, 2.75) is 69.7 Å². The summed E-state index contributed by atoms with van der Waals surface area (Å²) in [5, 5.41) is 2.56. The summed E-state index contributed by atoms with van der Waals surface area (Å²) in [5.41, 5.74) is -0.762. The Morgan fingerprint density at radius 1 is 1.18 bits per heavy atom. The van der Waals surface area contributed by atoms with Gasteiger partial charge in [-0.3, -0.25) is 4.79 Å². The molecule has 1 heterocycles. The largest absolute Gasteiger partial charge is 0.467 e. The van der Waals surface area contributed by atoms with Gasteiger partial charge in [0.25, 0.3) is 0 Å². The molecule has 10 nitrogen and oxygen atoms in total. The minimum Gasteiger partial charge on any atom is -0.467 e. The van der Waals surface area contributed by atoms with Crippen LogP contribution >= 0.6 is 15.9 Å². The molecule has 1 fully saturated rings. The molecule has 1 saturated heterocycles. The molecule has 2 rings (SSSR count). The first-order chi connectivity index (χ1) is 15.6. The van der Waals surface area contributed by atoms with Gasteiger partial charge in [-0.1, -0.05) is 29.8 Å². The lowest BCUT2D eigenvalue weighted by Gasteiger charge is -2.30. The van der Waals surface area contributed by atoms with Crippen molar-refractivity contribution in [3.8, 4) is 0 Å². The number of esters is 1. The lowest BCUT2D eigenvalue weighted by molar-refractivity contribution is -0.152. The Morgan fingerprint density at radius 3 is 2.26 bits per heavy atom. The molecule has 12 heteroatoms. The Hall–Kier alpha value is -2.18. The Bertz CT molecular complexity index is 1000. The van der Waals surface area contributed by atoms with E-state index in [-0.39, 0.29) is 23.8 Å². The summed E-state index contributed by atoms with van der Waals surface area (Å²) in [7, 11) is -2.83. The fraction of sp³-hybridized carbons (Fsp3) is 0.591. The summed E-state index contributed by atoms with van der Waals surface area (Å²) in [4.78, 5) is 39.3. The van der Waals surface area contributed by atoms with Gasteiger partial charge in [-0.15, -0.1) is 8.42 Å². The Morgan fingerprint density at radius 2 is 1.76 bits per heavy atom. The number of rotatable bonds is 7. The first-order valence-electron chi connectivity index (χ1n) is 10.7. The van der Waals surface area contributed by atoms with E-state index in [0.29, 0.717) is 4.47 Å². The number of nitrogens with one attached hydrogen (secondary N) is 1. The van der Waals surface area contributed by atoms with E-state index in [1.165, 1.54) is 24.1 Å². The Kier molecular flexibility index (Phi) is 9.11. The lowest BCUT2D eigenvalue weighted by atomic mass is 10.0. The van der Waals surface area contributed by atoms with Crippen molar-refractivity contribution in [3.63, 3.8) is 0 Å². The zero-order chi connectivity index (χ0) is 25.8. The number of amides is 2. The molecule has 1 aliphatic heterocycles. The number of alkyl carbamates (subject to hydrolysis) is 1. The third-order valence-electron chi connectivity index (χ3n) is 5.04. The minimum atomic E-state index is -4.02. The summed E-state index contributed by atoms with van der Waals surface area (Å²) in [6.07, 6.45) is -1.64. The van der Waals surface area contributed by atoms with Gasteiger partial charge in [0, 0.05) is 4.47 Å². The summed E-state index contributed by atoms with van der Waals surface area (Å²) >= 11 is 3.25. The maximum absolute atomic E-state index is 13.4. The number of carbonyl (C=O) groups is 3. The van der Waals surface area contributed by atoms with Crippen molar-refractivity contribution in [1.82, 2.24) is 10.2 Å². The van der Waals surface area contributed by atoms with Gasteiger partial charge in [0.2, 0.25) is 5.91 Å². The van der Waals surface area contributed by atoms with Crippen molar-refractivity contribution in [3.05, 3.63) is 28.7 Å². The standard InChI is InChI=1S/C22H31BrN2O8S/c1-13(2)18(24-21(28)32-22(3,4)5)19(26)25-12-15(11-17(25)20(27)31-6)33-34(29,30)16-9-7-14(23)8-10-16/h7-10,13,15,17-18H,11-12H2,1-6H3,(H,24,28)/p+1/t15-,17-,18-/m0/s1. The molecule has 1 aliphatic rings. The smallest absolute Gasteiger partial charge is 0.410 e. The number of hydrogen-bond donors (Lipinski definition) is 1. The van der Waals surface area contributed by atoms with E-state index < -0.39 is 51.9 Å². The quantitative estimate of drug-likeness (QED) is 0.233. The van der Waals surface area contributed by atoms with Gasteiger partial charge in [-0.2, -0.15) is 0 Å². The number of aliphatic hydroxyl groups is 1. The molecule has 0 bridgehead atoms. The number of halogens is 1. The fourth-order valence-electron chi connectivity index (χ4n) is 3.48. The molecular weight excluding hydrogens is 532 g/mol. The normalized spacial score (nSPS) is 19.6. The third kappa shape index (κ3) is 7.41. The maximum Gasteiger partial charge on any atom is 0.410 e. The topological polar surface area (TPSA) is 132 Å². The molecule has 190 valence electrons. The first kappa shape index (κ1) is 28.1. The van der Waals surface area contributed by atoms with Crippen LogP contribution in [0.25, 0.3) is 0 Å². The highest BCUT2D eigenvalue weighted by Crippen LogP contribution is 2.26. The van der Waals surface area contributed by atoms with Crippen molar-refractivity contribution in [2.24, 2.45) is 5.92 Å². The van der Waals surface area contributed by atoms with E-state index in [2.05, 4.69) is 25.4 Å². The molecule has 34 heavy (non-hydrogen) atoms. The van der Waals surface area contributed by atoms with Crippen LogP contribution in [-0.2, 0) is 29.2 Å². The minimum absolute atomic E-state index is 0.00161. The van der Waals surface area contributed by atoms with Crippen LogP contribution in [0.4, 0.5) is 4.79 Å². The second kappa shape index (κ2) is 11.0. The van der Waals surface area contributed by atoms with Crippen LogP contribution < -0.4 is 5.32 Å². The highest BCUT2D eigenvalue weighted by Gasteiger charge is 2.47. The van der Waals surface area contributed by atoms with Gasteiger partial charge in [0.05, 0.1) is 20.1 Å². The van der Waals surface area contributed by atoms with E-state index in [0.717, 1.165) is 0 Å². The molecule has 0 unspecified atom stereocenters. The number of benzene rings is 1. The average molecular weight is 564 g/mol. The summed E-state index contributed by atoms with van der Waals surface area (Å²) < 4.78 is 40.3. The van der Waals surface area contributed by atoms with Gasteiger partial charge < -0.3 is 23.9 Å². The van der Waals surface area contributed by atoms with Crippen molar-refractivity contribution in [2.75, 3.05) is 13.7 Å². The van der Waals surface area contributed by atoms with Gasteiger partial charge in [0.15, 0.2) is 6.10 Å². The molecule has 0 saturated carbocycles. The number of hydrogen-bond acceptors (Lipinski definition) is 7. The van der Waals surface area contributed by atoms with Crippen LogP contribution in [0.5, 0.6) is 0 Å². The van der Waals surface area contributed by atoms with Crippen LogP contribution in [-0.4, -0.2) is 72.9 Å². The van der Waals surface area contributed by atoms with Crippen LogP contribution in [0.1, 0.15) is 41.0 Å². The second-order valence-electron chi connectivity index (χ2n) is 9.32. The van der Waals surface area contributed by atoms with Crippen molar-refractivity contribution >= 4 is 44.0 Å². The van der Waals surface area contributed by atoms with Gasteiger partial charge in [-0.25, -0.2) is 9.59 Å². The average Bonchev–Trinajstić information content (AvgIpc) is 3.12. The van der Waals surface area contributed by atoms with Crippen LogP contribution in [0.15, 0.2) is 33.6 Å². The number of carbonyl (C=O) groups excluding carboxylic acids is 3. The molecule has 2 N–H and O–H groups in total. The Balaban J connectivity index is 2.23. The van der Waals surface area contributed by atoms with Crippen molar-refractivity contribution < 1.29 is 36.5 Å². The molecule has 0 aromatic heterocycles. The molecule has 0 aliphatic carbocycles. The third-order valence-corrected chi connectivity index (χ3v) is 7.01. The molecule has 2 amide bonds. The molecule has 3 atom stereocenters. The van der Waals surface area contributed by atoms with Crippen LogP contribution in [0, 0.1) is 5.92 Å².